The molecule has 0 atom stereocenters. The van der Waals surface area contributed by atoms with Crippen LogP contribution in [0, 0.1) is 6.92 Å². The second kappa shape index (κ2) is 5.32. The molecule has 1 aromatic carbocycles. The van der Waals surface area contributed by atoms with Crippen molar-refractivity contribution in [3.63, 3.8) is 0 Å². The average molecular weight is 259 g/mol. The Hall–Kier alpha value is -2.67. The van der Waals surface area contributed by atoms with Crippen molar-refractivity contribution in [1.82, 2.24) is 9.97 Å². The fraction of sp³-hybridized carbons (Fsp3) is 0.0833. The number of nitrogens with two attached hydrogens (primary N) is 2. The molecular formula is C12H13N5O2. The number of anilines is 1. The summed E-state index contributed by atoms with van der Waals surface area (Å²) in [6.07, 6.45) is 0. The number of nitrogens with zero attached hydrogens (tertiary/aromatic N) is 2. The van der Waals surface area contributed by atoms with Gasteiger partial charge >= 0.3 is 0 Å². The van der Waals surface area contributed by atoms with E-state index in [2.05, 4.69) is 15.4 Å². The molecule has 0 spiro atoms. The van der Waals surface area contributed by atoms with Crippen molar-refractivity contribution in [2.75, 3.05) is 5.43 Å². The van der Waals surface area contributed by atoms with E-state index in [1.54, 1.807) is 37.3 Å². The predicted molar refractivity (Wildman–Crippen MR) is 69.6 cm³/mol. The molecule has 0 saturated heterocycles. The van der Waals surface area contributed by atoms with Crippen LogP contribution >= 0.6 is 0 Å². The molecule has 5 N–H and O–H groups in total. The van der Waals surface area contributed by atoms with Gasteiger partial charge < -0.3 is 10.5 Å². The number of amides is 1. The van der Waals surface area contributed by atoms with Gasteiger partial charge in [0.1, 0.15) is 5.75 Å². The zero-order chi connectivity index (χ0) is 13.8. The summed E-state index contributed by atoms with van der Waals surface area (Å²) in [5.74, 6) is 5.92. The van der Waals surface area contributed by atoms with E-state index >= 15 is 0 Å². The Labute approximate surface area is 109 Å². The fourth-order valence-electron chi connectivity index (χ4n) is 1.46. The van der Waals surface area contributed by atoms with Gasteiger partial charge in [-0.2, -0.15) is 4.98 Å². The highest BCUT2D eigenvalue weighted by atomic mass is 16.5. The number of aromatic nitrogens is 2. The van der Waals surface area contributed by atoms with E-state index < -0.39 is 5.91 Å². The normalized spacial score (nSPS) is 10.0. The Balaban J connectivity index is 2.21. The standard InChI is InChI=1S/C12H13N5O2/c1-7-6-10(16-12(15-7)17-14)19-9-4-2-8(3-5-9)11(13)18/h2-6H,14H2,1H3,(H2,13,18)(H,15,16,17). The third kappa shape index (κ3) is 3.17. The van der Waals surface area contributed by atoms with Crippen LogP contribution < -0.4 is 21.7 Å². The quantitative estimate of drug-likeness (QED) is 0.556. The highest BCUT2D eigenvalue weighted by Gasteiger charge is 2.05. The number of primary amides is 1. The molecule has 2 rings (SSSR count). The highest BCUT2D eigenvalue weighted by molar-refractivity contribution is 5.92. The lowest BCUT2D eigenvalue weighted by Crippen LogP contribution is -2.11. The maximum atomic E-state index is 10.9. The van der Waals surface area contributed by atoms with Crippen molar-refractivity contribution in [3.05, 3.63) is 41.6 Å². The van der Waals surface area contributed by atoms with Gasteiger partial charge in [0.15, 0.2) is 0 Å². The van der Waals surface area contributed by atoms with Crippen LogP contribution in [-0.2, 0) is 0 Å². The molecule has 7 heteroatoms. The van der Waals surface area contributed by atoms with Gasteiger partial charge in [-0.3, -0.25) is 10.2 Å². The SMILES string of the molecule is Cc1cc(Oc2ccc(C(N)=O)cc2)nc(NN)n1. The van der Waals surface area contributed by atoms with Gasteiger partial charge in [-0.15, -0.1) is 0 Å². The molecule has 19 heavy (non-hydrogen) atoms. The van der Waals surface area contributed by atoms with E-state index in [4.69, 9.17) is 16.3 Å². The number of rotatable bonds is 4. The molecule has 7 nitrogen and oxygen atoms in total. The van der Waals surface area contributed by atoms with Crippen molar-refractivity contribution in [2.24, 2.45) is 11.6 Å². The Kier molecular flexibility index (Phi) is 3.58. The van der Waals surface area contributed by atoms with Gasteiger partial charge in [-0.25, -0.2) is 10.8 Å². The zero-order valence-electron chi connectivity index (χ0n) is 10.3. The van der Waals surface area contributed by atoms with Crippen LogP contribution in [-0.4, -0.2) is 15.9 Å². The van der Waals surface area contributed by atoms with E-state index in [0.29, 0.717) is 22.9 Å². The maximum Gasteiger partial charge on any atom is 0.248 e. The number of hydrazine groups is 1. The van der Waals surface area contributed by atoms with Gasteiger partial charge in [0.25, 0.3) is 0 Å². The molecule has 1 aromatic heterocycles. The predicted octanol–water partition coefficient (Wildman–Crippen LogP) is 0.962. The first-order chi connectivity index (χ1) is 9.08. The van der Waals surface area contributed by atoms with Crippen molar-refractivity contribution < 1.29 is 9.53 Å². The molecule has 2 aromatic rings. The number of carbonyl (C=O) groups is 1. The molecule has 0 radical (unpaired) electrons. The van der Waals surface area contributed by atoms with Gasteiger partial charge in [-0.1, -0.05) is 0 Å². The van der Waals surface area contributed by atoms with Crippen LogP contribution in [0.1, 0.15) is 16.1 Å². The van der Waals surface area contributed by atoms with Crippen LogP contribution in [0.15, 0.2) is 30.3 Å². The molecule has 0 aliphatic carbocycles. The lowest BCUT2D eigenvalue weighted by molar-refractivity contribution is 0.100. The van der Waals surface area contributed by atoms with Crippen LogP contribution in [0.4, 0.5) is 5.95 Å². The van der Waals surface area contributed by atoms with Crippen LogP contribution in [0.3, 0.4) is 0 Å². The van der Waals surface area contributed by atoms with Crippen LogP contribution in [0.5, 0.6) is 11.6 Å². The molecular weight excluding hydrogens is 246 g/mol. The third-order valence-corrected chi connectivity index (χ3v) is 2.32. The van der Waals surface area contributed by atoms with E-state index in [1.165, 1.54) is 0 Å². The lowest BCUT2D eigenvalue weighted by atomic mass is 10.2. The monoisotopic (exact) mass is 259 g/mol. The smallest absolute Gasteiger partial charge is 0.248 e. The van der Waals surface area contributed by atoms with Crippen molar-refractivity contribution >= 4 is 11.9 Å². The lowest BCUT2D eigenvalue weighted by Gasteiger charge is -2.07. The maximum absolute atomic E-state index is 10.9. The first-order valence-corrected chi connectivity index (χ1v) is 5.48. The third-order valence-electron chi connectivity index (χ3n) is 2.32. The molecule has 1 amide bonds. The van der Waals surface area contributed by atoms with Crippen molar-refractivity contribution in [2.45, 2.75) is 6.92 Å². The minimum absolute atomic E-state index is 0.267. The number of carbonyl (C=O) groups excluding carboxylic acids is 1. The van der Waals surface area contributed by atoms with Gasteiger partial charge in [-0.05, 0) is 31.2 Å². The molecule has 0 aliphatic rings. The van der Waals surface area contributed by atoms with Crippen molar-refractivity contribution in [3.8, 4) is 11.6 Å². The van der Waals surface area contributed by atoms with Crippen molar-refractivity contribution in [1.29, 1.82) is 0 Å². The number of aryl methyl sites for hydroxylation is 1. The molecule has 1 heterocycles. The topological polar surface area (TPSA) is 116 Å². The molecule has 0 unspecified atom stereocenters. The van der Waals surface area contributed by atoms with E-state index in [1.807, 2.05) is 0 Å². The average Bonchev–Trinajstić information content (AvgIpc) is 2.38. The number of ether oxygens (including phenoxy) is 1. The summed E-state index contributed by atoms with van der Waals surface area (Å²) in [7, 11) is 0. The fourth-order valence-corrected chi connectivity index (χ4v) is 1.46. The van der Waals surface area contributed by atoms with Crippen LogP contribution in [0.25, 0.3) is 0 Å². The molecule has 98 valence electrons. The summed E-state index contributed by atoms with van der Waals surface area (Å²) in [4.78, 5) is 19.0. The zero-order valence-corrected chi connectivity index (χ0v) is 10.3. The van der Waals surface area contributed by atoms with Crippen LogP contribution in [0.2, 0.25) is 0 Å². The highest BCUT2D eigenvalue weighted by Crippen LogP contribution is 2.21. The summed E-state index contributed by atoms with van der Waals surface area (Å²) in [6.45, 7) is 1.80. The number of benzene rings is 1. The Bertz CT molecular complexity index is 598. The minimum atomic E-state index is -0.487. The summed E-state index contributed by atoms with van der Waals surface area (Å²) >= 11 is 0. The minimum Gasteiger partial charge on any atom is -0.439 e. The number of nitrogen functional groups attached to an aromatic ring is 1. The Morgan fingerprint density at radius 3 is 2.53 bits per heavy atom. The van der Waals surface area contributed by atoms with Gasteiger partial charge in [0.2, 0.25) is 17.7 Å². The second-order valence-electron chi connectivity index (χ2n) is 3.81. The van der Waals surface area contributed by atoms with Gasteiger partial charge in [0.05, 0.1) is 0 Å². The van der Waals surface area contributed by atoms with Gasteiger partial charge in [0, 0.05) is 17.3 Å². The summed E-state index contributed by atoms with van der Waals surface area (Å²) in [6, 6.07) is 8.09. The number of hydrogen-bond acceptors (Lipinski definition) is 6. The largest absolute Gasteiger partial charge is 0.439 e. The molecule has 0 aliphatic heterocycles. The first kappa shape index (κ1) is 12.8. The Morgan fingerprint density at radius 2 is 1.95 bits per heavy atom. The molecule has 0 fully saturated rings. The second-order valence-corrected chi connectivity index (χ2v) is 3.81. The van der Waals surface area contributed by atoms with E-state index in [0.717, 1.165) is 0 Å². The first-order valence-electron chi connectivity index (χ1n) is 5.48. The molecule has 0 bridgehead atoms. The summed E-state index contributed by atoms with van der Waals surface area (Å²) in [5, 5.41) is 0. The summed E-state index contributed by atoms with van der Waals surface area (Å²) < 4.78 is 5.54. The van der Waals surface area contributed by atoms with E-state index in [-0.39, 0.29) is 5.95 Å². The number of nitrogens with one attached hydrogen (secondary N) is 1. The molecule has 0 saturated carbocycles. The Morgan fingerprint density at radius 1 is 1.26 bits per heavy atom. The number of hydrogen-bond donors (Lipinski definition) is 3. The van der Waals surface area contributed by atoms with E-state index in [9.17, 15) is 4.79 Å². The summed E-state index contributed by atoms with van der Waals surface area (Å²) in [5.41, 5.74) is 8.63.